The van der Waals surface area contributed by atoms with Gasteiger partial charge >= 0.3 is 0 Å². The SMILES string of the molecule is CSC1CCCCC1NC1CCCc2cc(O)ccc21. The van der Waals surface area contributed by atoms with Gasteiger partial charge in [-0.05, 0) is 61.6 Å². The van der Waals surface area contributed by atoms with Gasteiger partial charge in [-0.25, -0.2) is 0 Å². The van der Waals surface area contributed by atoms with E-state index in [2.05, 4.69) is 17.6 Å². The fourth-order valence-electron chi connectivity index (χ4n) is 3.80. The first-order chi connectivity index (χ1) is 9.78. The Hall–Kier alpha value is -0.670. The molecule has 3 heteroatoms. The van der Waals surface area contributed by atoms with Gasteiger partial charge in [-0.1, -0.05) is 18.9 Å². The van der Waals surface area contributed by atoms with Crippen LogP contribution in [0.15, 0.2) is 18.2 Å². The maximum Gasteiger partial charge on any atom is 0.115 e. The number of hydrogen-bond donors (Lipinski definition) is 2. The van der Waals surface area contributed by atoms with Crippen molar-refractivity contribution in [3.8, 4) is 5.75 Å². The van der Waals surface area contributed by atoms with Crippen LogP contribution in [0.5, 0.6) is 5.75 Å². The number of phenols is 1. The summed E-state index contributed by atoms with van der Waals surface area (Å²) >= 11 is 2.02. The highest BCUT2D eigenvalue weighted by molar-refractivity contribution is 7.99. The van der Waals surface area contributed by atoms with Crippen LogP contribution in [0.2, 0.25) is 0 Å². The summed E-state index contributed by atoms with van der Waals surface area (Å²) < 4.78 is 0. The molecule has 2 aliphatic carbocycles. The Morgan fingerprint density at radius 2 is 2.00 bits per heavy atom. The monoisotopic (exact) mass is 291 g/mol. The molecule has 0 aromatic heterocycles. The number of thioether (sulfide) groups is 1. The molecule has 1 fully saturated rings. The van der Waals surface area contributed by atoms with E-state index in [-0.39, 0.29) is 0 Å². The zero-order valence-electron chi connectivity index (χ0n) is 12.3. The third kappa shape index (κ3) is 2.99. The van der Waals surface area contributed by atoms with Gasteiger partial charge in [0.05, 0.1) is 0 Å². The minimum absolute atomic E-state index is 0.407. The molecule has 2 nitrogen and oxygen atoms in total. The molecule has 1 aromatic rings. The van der Waals surface area contributed by atoms with E-state index in [1.165, 1.54) is 49.7 Å². The van der Waals surface area contributed by atoms with E-state index in [1.807, 2.05) is 23.9 Å². The lowest BCUT2D eigenvalue weighted by Gasteiger charge is -2.36. The number of phenolic OH excluding ortho intramolecular Hbond substituents is 1. The highest BCUT2D eigenvalue weighted by Gasteiger charge is 2.28. The summed E-state index contributed by atoms with van der Waals surface area (Å²) in [6, 6.07) is 7.06. The molecule has 3 rings (SSSR count). The molecule has 0 radical (unpaired) electrons. The molecule has 0 spiro atoms. The van der Waals surface area contributed by atoms with Crippen molar-refractivity contribution in [2.45, 2.75) is 62.3 Å². The van der Waals surface area contributed by atoms with Crippen molar-refractivity contribution in [1.29, 1.82) is 0 Å². The summed E-state index contributed by atoms with van der Waals surface area (Å²) in [7, 11) is 0. The molecule has 3 atom stereocenters. The second-order valence-corrected chi connectivity index (χ2v) is 7.24. The van der Waals surface area contributed by atoms with Crippen LogP contribution in [0, 0.1) is 0 Å². The van der Waals surface area contributed by atoms with Gasteiger partial charge in [-0.2, -0.15) is 11.8 Å². The van der Waals surface area contributed by atoms with E-state index in [0.29, 0.717) is 17.8 Å². The summed E-state index contributed by atoms with van der Waals surface area (Å²) in [5, 5.41) is 14.4. The van der Waals surface area contributed by atoms with Gasteiger partial charge in [-0.15, -0.1) is 0 Å². The fraction of sp³-hybridized carbons (Fsp3) is 0.647. The van der Waals surface area contributed by atoms with E-state index >= 15 is 0 Å². The predicted molar refractivity (Wildman–Crippen MR) is 86.5 cm³/mol. The third-order valence-corrected chi connectivity index (χ3v) is 6.03. The molecule has 0 bridgehead atoms. The average molecular weight is 291 g/mol. The molecule has 1 aromatic carbocycles. The van der Waals surface area contributed by atoms with Gasteiger partial charge in [-0.3, -0.25) is 0 Å². The van der Waals surface area contributed by atoms with Gasteiger partial charge in [0.1, 0.15) is 5.75 Å². The minimum Gasteiger partial charge on any atom is -0.508 e. The molecule has 3 unspecified atom stereocenters. The largest absolute Gasteiger partial charge is 0.508 e. The van der Waals surface area contributed by atoms with Crippen molar-refractivity contribution < 1.29 is 5.11 Å². The summed E-state index contributed by atoms with van der Waals surface area (Å²) in [5.74, 6) is 0.407. The van der Waals surface area contributed by atoms with Crippen molar-refractivity contribution in [3.63, 3.8) is 0 Å². The first-order valence-electron chi connectivity index (χ1n) is 7.88. The Bertz CT molecular complexity index is 462. The van der Waals surface area contributed by atoms with Gasteiger partial charge < -0.3 is 10.4 Å². The molecular formula is C17H25NOS. The zero-order valence-corrected chi connectivity index (χ0v) is 13.1. The van der Waals surface area contributed by atoms with Crippen molar-refractivity contribution in [2.24, 2.45) is 0 Å². The van der Waals surface area contributed by atoms with Crippen LogP contribution in [0.25, 0.3) is 0 Å². The highest BCUT2D eigenvalue weighted by atomic mass is 32.2. The quantitative estimate of drug-likeness (QED) is 0.882. The van der Waals surface area contributed by atoms with Crippen LogP contribution in [-0.2, 0) is 6.42 Å². The maximum atomic E-state index is 9.65. The Balaban J connectivity index is 1.75. The van der Waals surface area contributed by atoms with Gasteiger partial charge in [0, 0.05) is 17.3 Å². The number of aryl methyl sites for hydroxylation is 1. The molecule has 0 aliphatic heterocycles. The molecule has 2 aliphatic rings. The second kappa shape index (κ2) is 6.40. The molecule has 2 N–H and O–H groups in total. The topological polar surface area (TPSA) is 32.3 Å². The van der Waals surface area contributed by atoms with Crippen LogP contribution in [0.3, 0.4) is 0 Å². The lowest BCUT2D eigenvalue weighted by molar-refractivity contribution is 0.328. The summed E-state index contributed by atoms with van der Waals surface area (Å²) in [6.07, 6.45) is 11.2. The minimum atomic E-state index is 0.407. The van der Waals surface area contributed by atoms with Crippen LogP contribution >= 0.6 is 11.8 Å². The van der Waals surface area contributed by atoms with Crippen LogP contribution in [-0.4, -0.2) is 22.7 Å². The molecule has 110 valence electrons. The standard InChI is InChI=1S/C17H25NOS/c1-20-17-8-3-2-6-16(17)18-15-7-4-5-12-11-13(19)9-10-14(12)15/h9-11,15-19H,2-8H2,1H3. The lowest BCUT2D eigenvalue weighted by atomic mass is 9.85. The van der Waals surface area contributed by atoms with E-state index in [4.69, 9.17) is 0 Å². The number of hydrogen-bond acceptors (Lipinski definition) is 3. The number of nitrogens with one attached hydrogen (secondary N) is 1. The van der Waals surface area contributed by atoms with Crippen LogP contribution in [0.1, 0.15) is 55.7 Å². The molecule has 0 amide bonds. The first-order valence-corrected chi connectivity index (χ1v) is 9.17. The van der Waals surface area contributed by atoms with Crippen molar-refractivity contribution in [2.75, 3.05) is 6.26 Å². The summed E-state index contributed by atoms with van der Waals surface area (Å²) in [4.78, 5) is 0. The summed E-state index contributed by atoms with van der Waals surface area (Å²) in [6.45, 7) is 0. The number of rotatable bonds is 3. The Labute approximate surface area is 126 Å². The van der Waals surface area contributed by atoms with Crippen molar-refractivity contribution in [1.82, 2.24) is 5.32 Å². The predicted octanol–water partition coefficient (Wildman–Crippen LogP) is 4.03. The summed E-state index contributed by atoms with van der Waals surface area (Å²) in [5.41, 5.74) is 2.75. The molecule has 0 heterocycles. The Morgan fingerprint density at radius 1 is 1.15 bits per heavy atom. The van der Waals surface area contributed by atoms with Gasteiger partial charge in [0.2, 0.25) is 0 Å². The number of aromatic hydroxyl groups is 1. The first kappa shape index (κ1) is 14.3. The van der Waals surface area contributed by atoms with Crippen molar-refractivity contribution in [3.05, 3.63) is 29.3 Å². The van der Waals surface area contributed by atoms with E-state index in [9.17, 15) is 5.11 Å². The van der Waals surface area contributed by atoms with Crippen LogP contribution < -0.4 is 5.32 Å². The second-order valence-electron chi connectivity index (χ2n) is 6.16. The average Bonchev–Trinajstić information content (AvgIpc) is 2.47. The third-order valence-electron chi connectivity index (χ3n) is 4.86. The normalized spacial score (nSPS) is 29.9. The lowest BCUT2D eigenvalue weighted by Crippen LogP contribution is -2.43. The Kier molecular flexibility index (Phi) is 4.57. The number of benzene rings is 1. The molecule has 20 heavy (non-hydrogen) atoms. The van der Waals surface area contributed by atoms with Gasteiger partial charge in [0.25, 0.3) is 0 Å². The smallest absolute Gasteiger partial charge is 0.115 e. The maximum absolute atomic E-state index is 9.65. The molecular weight excluding hydrogens is 266 g/mol. The van der Waals surface area contributed by atoms with Crippen molar-refractivity contribution >= 4 is 11.8 Å². The van der Waals surface area contributed by atoms with Gasteiger partial charge in [0.15, 0.2) is 0 Å². The van der Waals surface area contributed by atoms with E-state index in [1.54, 1.807) is 0 Å². The molecule has 0 saturated heterocycles. The van der Waals surface area contributed by atoms with Crippen LogP contribution in [0.4, 0.5) is 0 Å². The molecule has 1 saturated carbocycles. The highest BCUT2D eigenvalue weighted by Crippen LogP contribution is 2.35. The Morgan fingerprint density at radius 3 is 2.85 bits per heavy atom. The zero-order chi connectivity index (χ0) is 13.9. The number of fused-ring (bicyclic) bond motifs is 1. The van der Waals surface area contributed by atoms with E-state index in [0.717, 1.165) is 11.7 Å². The van der Waals surface area contributed by atoms with E-state index < -0.39 is 0 Å². The fourth-order valence-corrected chi connectivity index (χ4v) is 4.75.